The molecule has 6 heteroatoms. The van der Waals surface area contributed by atoms with Gasteiger partial charge in [-0.1, -0.05) is 29.8 Å². The smallest absolute Gasteiger partial charge is 0.258 e. The van der Waals surface area contributed by atoms with Gasteiger partial charge in [0, 0.05) is 10.6 Å². The van der Waals surface area contributed by atoms with Crippen molar-refractivity contribution in [2.24, 2.45) is 0 Å². The Morgan fingerprint density at radius 2 is 1.92 bits per heavy atom. The van der Waals surface area contributed by atoms with E-state index in [2.05, 4.69) is 5.32 Å². The molecule has 1 amide bonds. The molecular weight excluding hydrogens is 338 g/mol. The van der Waals surface area contributed by atoms with Crippen LogP contribution in [0.2, 0.25) is 5.02 Å². The molecule has 1 atom stereocenters. The van der Waals surface area contributed by atoms with Crippen LogP contribution in [0.3, 0.4) is 0 Å². The van der Waals surface area contributed by atoms with Gasteiger partial charge in [0.15, 0.2) is 6.61 Å². The molecule has 0 aromatic heterocycles. The van der Waals surface area contributed by atoms with Gasteiger partial charge < -0.3 is 15.0 Å². The van der Waals surface area contributed by atoms with E-state index in [-0.39, 0.29) is 18.6 Å². The summed E-state index contributed by atoms with van der Waals surface area (Å²) in [7, 11) is 4.04. The van der Waals surface area contributed by atoms with Gasteiger partial charge in [0.25, 0.3) is 5.91 Å². The molecule has 0 fully saturated rings. The van der Waals surface area contributed by atoms with Crippen molar-refractivity contribution in [3.05, 3.63) is 64.7 Å². The monoisotopic (exact) mass is 358 g/mol. The summed E-state index contributed by atoms with van der Waals surface area (Å²) in [6.45, 7) is 0.380. The van der Waals surface area contributed by atoms with Crippen LogP contribution in [0, 0.1) is 11.3 Å². The summed E-state index contributed by atoms with van der Waals surface area (Å²) >= 11 is 6.27. The molecule has 0 unspecified atom stereocenters. The van der Waals surface area contributed by atoms with Crippen LogP contribution < -0.4 is 15.0 Å². The lowest BCUT2D eigenvalue weighted by Gasteiger charge is -2.23. The Kier molecular flexibility index (Phi) is 6.81. The number of ether oxygens (including phenoxy) is 1. The topological polar surface area (TPSA) is 66.6 Å². The Morgan fingerprint density at radius 1 is 1.24 bits per heavy atom. The summed E-state index contributed by atoms with van der Waals surface area (Å²) < 4.78 is 5.44. The van der Waals surface area contributed by atoms with E-state index in [9.17, 15) is 4.79 Å². The highest BCUT2D eigenvalue weighted by molar-refractivity contribution is 6.31. The van der Waals surface area contributed by atoms with Crippen molar-refractivity contribution in [2.45, 2.75) is 6.04 Å². The van der Waals surface area contributed by atoms with Gasteiger partial charge in [-0.2, -0.15) is 5.26 Å². The lowest BCUT2D eigenvalue weighted by molar-refractivity contribution is -0.890. The van der Waals surface area contributed by atoms with Gasteiger partial charge in [-0.3, -0.25) is 4.79 Å². The van der Waals surface area contributed by atoms with Crippen LogP contribution in [0.5, 0.6) is 5.75 Å². The molecule has 0 saturated carbocycles. The second-order valence-electron chi connectivity index (χ2n) is 5.88. The minimum atomic E-state index is -0.206. The standard InChI is InChI=1S/C19H20ClN3O2/c1-23(2)18(16-5-3-4-6-17(16)20)12-22-19(24)13-25-15-9-7-14(11-21)8-10-15/h3-10,18H,12-13H2,1-2H3,(H,22,24)/p+1/t18-/m1/s1. The predicted molar refractivity (Wildman–Crippen MR) is 96.7 cm³/mol. The van der Waals surface area contributed by atoms with Gasteiger partial charge >= 0.3 is 0 Å². The maximum absolute atomic E-state index is 12.1. The maximum atomic E-state index is 12.1. The first-order chi connectivity index (χ1) is 12.0. The number of carbonyl (C=O) groups excluding carboxylic acids is 1. The number of nitrogens with one attached hydrogen (secondary N) is 2. The minimum Gasteiger partial charge on any atom is -0.484 e. The van der Waals surface area contributed by atoms with Crippen LogP contribution in [0.1, 0.15) is 17.2 Å². The molecule has 0 radical (unpaired) electrons. The third-order valence-electron chi connectivity index (χ3n) is 3.83. The molecule has 0 aliphatic carbocycles. The Bertz CT molecular complexity index is 754. The van der Waals surface area contributed by atoms with E-state index in [1.807, 2.05) is 44.4 Å². The molecule has 0 heterocycles. The number of halogens is 1. The zero-order chi connectivity index (χ0) is 18.2. The first-order valence-electron chi connectivity index (χ1n) is 7.95. The second-order valence-corrected chi connectivity index (χ2v) is 6.29. The van der Waals surface area contributed by atoms with Crippen molar-refractivity contribution in [1.29, 1.82) is 5.26 Å². The molecule has 25 heavy (non-hydrogen) atoms. The highest BCUT2D eigenvalue weighted by Gasteiger charge is 2.21. The van der Waals surface area contributed by atoms with Crippen molar-refractivity contribution in [1.82, 2.24) is 5.32 Å². The maximum Gasteiger partial charge on any atom is 0.258 e. The molecular formula is C19H21ClN3O2+. The van der Waals surface area contributed by atoms with Gasteiger partial charge in [0.2, 0.25) is 0 Å². The average Bonchev–Trinajstić information content (AvgIpc) is 2.61. The highest BCUT2D eigenvalue weighted by atomic mass is 35.5. The van der Waals surface area contributed by atoms with E-state index >= 15 is 0 Å². The van der Waals surface area contributed by atoms with Crippen LogP contribution in [-0.4, -0.2) is 33.2 Å². The lowest BCUT2D eigenvalue weighted by Crippen LogP contribution is -3.07. The number of hydrogen-bond acceptors (Lipinski definition) is 3. The summed E-state index contributed by atoms with van der Waals surface area (Å²) in [5, 5.41) is 12.3. The van der Waals surface area contributed by atoms with Crippen molar-refractivity contribution in [3.63, 3.8) is 0 Å². The zero-order valence-corrected chi connectivity index (χ0v) is 15.0. The Balaban J connectivity index is 1.88. The van der Waals surface area contributed by atoms with Gasteiger partial charge in [-0.25, -0.2) is 0 Å². The van der Waals surface area contributed by atoms with Crippen molar-refractivity contribution in [3.8, 4) is 11.8 Å². The second kappa shape index (κ2) is 9.07. The average molecular weight is 359 g/mol. The van der Waals surface area contributed by atoms with E-state index < -0.39 is 0 Å². The number of carbonyl (C=O) groups is 1. The van der Waals surface area contributed by atoms with E-state index in [1.54, 1.807) is 24.3 Å². The summed E-state index contributed by atoms with van der Waals surface area (Å²) in [4.78, 5) is 13.2. The number of rotatable bonds is 7. The number of quaternary nitrogens is 1. The van der Waals surface area contributed by atoms with Gasteiger partial charge in [-0.05, 0) is 30.3 Å². The fraction of sp³-hybridized carbons (Fsp3) is 0.263. The molecule has 2 aromatic carbocycles. The number of hydrogen-bond donors (Lipinski definition) is 2. The fourth-order valence-corrected chi connectivity index (χ4v) is 2.69. The third-order valence-corrected chi connectivity index (χ3v) is 4.18. The van der Waals surface area contributed by atoms with Crippen LogP contribution in [0.15, 0.2) is 48.5 Å². The van der Waals surface area contributed by atoms with Gasteiger partial charge in [0.1, 0.15) is 11.8 Å². The first kappa shape index (κ1) is 18.8. The molecule has 2 aromatic rings. The molecule has 130 valence electrons. The van der Waals surface area contributed by atoms with Crippen LogP contribution in [0.4, 0.5) is 0 Å². The minimum absolute atomic E-state index is 0.0487. The van der Waals surface area contributed by atoms with E-state index in [0.717, 1.165) is 5.56 Å². The van der Waals surface area contributed by atoms with E-state index in [0.29, 0.717) is 22.9 Å². The number of amides is 1. The molecule has 0 saturated heterocycles. The van der Waals surface area contributed by atoms with E-state index in [4.69, 9.17) is 21.6 Å². The molecule has 0 spiro atoms. The quantitative estimate of drug-likeness (QED) is 0.790. The fourth-order valence-electron chi connectivity index (χ4n) is 2.42. The molecule has 0 aliphatic rings. The summed E-state index contributed by atoms with van der Waals surface area (Å²) in [5.41, 5.74) is 1.55. The normalized spacial score (nSPS) is 11.6. The summed E-state index contributed by atoms with van der Waals surface area (Å²) in [6.07, 6.45) is 0. The van der Waals surface area contributed by atoms with Crippen molar-refractivity contribution < 1.29 is 14.4 Å². The van der Waals surface area contributed by atoms with Crippen LogP contribution in [-0.2, 0) is 4.79 Å². The first-order valence-corrected chi connectivity index (χ1v) is 8.33. The molecule has 0 aliphatic heterocycles. The van der Waals surface area contributed by atoms with Gasteiger partial charge in [0.05, 0.1) is 32.3 Å². The number of nitriles is 1. The largest absolute Gasteiger partial charge is 0.484 e. The number of nitrogens with zero attached hydrogens (tertiary/aromatic N) is 1. The molecule has 2 N–H and O–H groups in total. The summed E-state index contributed by atoms with van der Waals surface area (Å²) in [6, 6.07) is 16.4. The van der Waals surface area contributed by atoms with Crippen LogP contribution in [0.25, 0.3) is 0 Å². The SMILES string of the molecule is C[NH+](C)[C@H](CNC(=O)COc1ccc(C#N)cc1)c1ccccc1Cl. The molecule has 5 nitrogen and oxygen atoms in total. The van der Waals surface area contributed by atoms with Crippen LogP contribution >= 0.6 is 11.6 Å². The number of benzene rings is 2. The zero-order valence-electron chi connectivity index (χ0n) is 14.3. The molecule has 2 rings (SSSR count). The van der Waals surface area contributed by atoms with E-state index in [1.165, 1.54) is 4.90 Å². The Hall–Kier alpha value is -2.55. The Labute approximate surface area is 152 Å². The lowest BCUT2D eigenvalue weighted by atomic mass is 10.1. The predicted octanol–water partition coefficient (Wildman–Crippen LogP) is 1.59. The van der Waals surface area contributed by atoms with Gasteiger partial charge in [-0.15, -0.1) is 0 Å². The van der Waals surface area contributed by atoms with Crippen molar-refractivity contribution in [2.75, 3.05) is 27.2 Å². The number of likely N-dealkylation sites (N-methyl/N-ethyl adjacent to an activating group) is 1. The Morgan fingerprint density at radius 3 is 2.52 bits per heavy atom. The third kappa shape index (κ3) is 5.49. The molecule has 0 bridgehead atoms. The van der Waals surface area contributed by atoms with Crippen molar-refractivity contribution >= 4 is 17.5 Å². The highest BCUT2D eigenvalue weighted by Crippen LogP contribution is 2.20. The summed E-state index contributed by atoms with van der Waals surface area (Å²) in [5.74, 6) is 0.345.